The Labute approximate surface area is 128 Å². The number of sulfonamides is 1. The van der Waals surface area contributed by atoms with E-state index in [4.69, 9.17) is 0 Å². The first-order valence-electron chi connectivity index (χ1n) is 6.08. The summed E-state index contributed by atoms with van der Waals surface area (Å²) in [6.45, 7) is 2.61. The van der Waals surface area contributed by atoms with E-state index in [0.29, 0.717) is 6.54 Å². The smallest absolute Gasteiger partial charge is 0.226 e. The minimum absolute atomic E-state index is 0.148. The Balaban J connectivity index is 2.33. The quantitative estimate of drug-likeness (QED) is 0.710. The Kier molecular flexibility index (Phi) is 6.93. The van der Waals surface area contributed by atoms with E-state index < -0.39 is 10.0 Å². The Hall–Kier alpha value is -0.640. The van der Waals surface area contributed by atoms with Crippen LogP contribution in [0, 0.1) is 0 Å². The number of nitrogens with one attached hydrogen (secondary N) is 1. The number of hydrogen-bond donors (Lipinski definition) is 1. The first-order chi connectivity index (χ1) is 9.32. The van der Waals surface area contributed by atoms with Gasteiger partial charge in [0.25, 0.3) is 0 Å². The standard InChI is InChI=1S/C11H19N3O3S3/c1-4-18-11-13-9(8-19-11)7-10(15)12-5-6-14(2)20(3,16)17/h8H,4-7H2,1-3H3,(H,12,15). The van der Waals surface area contributed by atoms with Gasteiger partial charge < -0.3 is 5.32 Å². The summed E-state index contributed by atoms with van der Waals surface area (Å²) in [7, 11) is -1.71. The molecule has 1 N–H and O–H groups in total. The van der Waals surface area contributed by atoms with Gasteiger partial charge in [-0.2, -0.15) is 0 Å². The van der Waals surface area contributed by atoms with Crippen LogP contribution in [0.2, 0.25) is 0 Å². The molecule has 0 bridgehead atoms. The molecule has 1 aromatic heterocycles. The van der Waals surface area contributed by atoms with Gasteiger partial charge in [-0.05, 0) is 5.75 Å². The lowest BCUT2D eigenvalue weighted by atomic mass is 10.3. The van der Waals surface area contributed by atoms with Crippen LogP contribution < -0.4 is 5.32 Å². The number of amides is 1. The van der Waals surface area contributed by atoms with Crippen LogP contribution in [0.3, 0.4) is 0 Å². The van der Waals surface area contributed by atoms with Crippen molar-refractivity contribution in [1.82, 2.24) is 14.6 Å². The van der Waals surface area contributed by atoms with Crippen molar-refractivity contribution in [3.63, 3.8) is 0 Å². The molecule has 1 rings (SSSR count). The van der Waals surface area contributed by atoms with Gasteiger partial charge in [-0.15, -0.1) is 11.3 Å². The molecule has 1 heterocycles. The molecule has 0 spiro atoms. The molecule has 0 aliphatic heterocycles. The second kappa shape index (κ2) is 7.96. The van der Waals surface area contributed by atoms with Crippen LogP contribution in [0.1, 0.15) is 12.6 Å². The maximum absolute atomic E-state index is 11.7. The number of carbonyl (C=O) groups is 1. The molecule has 9 heteroatoms. The first kappa shape index (κ1) is 17.4. The lowest BCUT2D eigenvalue weighted by Gasteiger charge is -2.13. The van der Waals surface area contributed by atoms with Crippen molar-refractivity contribution < 1.29 is 13.2 Å². The van der Waals surface area contributed by atoms with Gasteiger partial charge in [-0.3, -0.25) is 4.79 Å². The summed E-state index contributed by atoms with van der Waals surface area (Å²) in [5, 5.41) is 4.56. The summed E-state index contributed by atoms with van der Waals surface area (Å²) in [5.74, 6) is 0.807. The molecule has 0 saturated heterocycles. The topological polar surface area (TPSA) is 79.4 Å². The summed E-state index contributed by atoms with van der Waals surface area (Å²) in [5.41, 5.74) is 0.750. The van der Waals surface area contributed by atoms with Crippen LogP contribution in [0.5, 0.6) is 0 Å². The molecular weight excluding hydrogens is 318 g/mol. The maximum atomic E-state index is 11.7. The van der Waals surface area contributed by atoms with E-state index in [1.165, 1.54) is 22.7 Å². The second-order valence-corrected chi connectivity index (χ2v) is 8.61. The van der Waals surface area contributed by atoms with E-state index >= 15 is 0 Å². The molecule has 6 nitrogen and oxygen atoms in total. The van der Waals surface area contributed by atoms with Crippen molar-refractivity contribution >= 4 is 39.0 Å². The second-order valence-electron chi connectivity index (χ2n) is 4.15. The summed E-state index contributed by atoms with van der Waals surface area (Å²) in [4.78, 5) is 16.0. The minimum Gasteiger partial charge on any atom is -0.354 e. The fraction of sp³-hybridized carbons (Fsp3) is 0.636. The van der Waals surface area contributed by atoms with Gasteiger partial charge in [0.15, 0.2) is 0 Å². The van der Waals surface area contributed by atoms with E-state index in [9.17, 15) is 13.2 Å². The highest BCUT2D eigenvalue weighted by Crippen LogP contribution is 2.22. The highest BCUT2D eigenvalue weighted by molar-refractivity contribution is 8.00. The minimum atomic E-state index is -3.19. The van der Waals surface area contributed by atoms with Crippen LogP contribution in [0.15, 0.2) is 9.72 Å². The third-order valence-electron chi connectivity index (χ3n) is 2.46. The highest BCUT2D eigenvalue weighted by Gasteiger charge is 2.11. The fourth-order valence-electron chi connectivity index (χ4n) is 1.30. The van der Waals surface area contributed by atoms with Gasteiger partial charge in [-0.1, -0.05) is 18.7 Å². The van der Waals surface area contributed by atoms with E-state index in [1.807, 2.05) is 5.38 Å². The van der Waals surface area contributed by atoms with Crippen LogP contribution in [-0.2, 0) is 21.2 Å². The average molecular weight is 337 g/mol. The van der Waals surface area contributed by atoms with Gasteiger partial charge in [0.1, 0.15) is 4.34 Å². The lowest BCUT2D eigenvalue weighted by Crippen LogP contribution is -2.36. The largest absolute Gasteiger partial charge is 0.354 e. The number of thiazole rings is 1. The molecule has 1 amide bonds. The predicted molar refractivity (Wildman–Crippen MR) is 82.7 cm³/mol. The SMILES string of the molecule is CCSc1nc(CC(=O)NCCN(C)S(C)(=O)=O)cs1. The molecule has 0 radical (unpaired) electrons. The maximum Gasteiger partial charge on any atom is 0.226 e. The zero-order valence-electron chi connectivity index (χ0n) is 11.7. The van der Waals surface area contributed by atoms with Crippen LogP contribution in [0.25, 0.3) is 0 Å². The molecule has 20 heavy (non-hydrogen) atoms. The number of thioether (sulfide) groups is 1. The van der Waals surface area contributed by atoms with Crippen molar-refractivity contribution in [2.75, 3.05) is 32.1 Å². The Morgan fingerprint density at radius 1 is 1.55 bits per heavy atom. The Morgan fingerprint density at radius 3 is 2.85 bits per heavy atom. The molecule has 1 aromatic rings. The number of carbonyl (C=O) groups excluding carboxylic acids is 1. The van der Waals surface area contributed by atoms with Crippen molar-refractivity contribution in [2.24, 2.45) is 0 Å². The van der Waals surface area contributed by atoms with Crippen LogP contribution in [0.4, 0.5) is 0 Å². The number of hydrogen-bond acceptors (Lipinski definition) is 6. The summed E-state index contributed by atoms with van der Waals surface area (Å²) in [6, 6.07) is 0. The molecule has 0 fully saturated rings. The number of rotatable bonds is 8. The fourth-order valence-corrected chi connectivity index (χ4v) is 3.47. The molecule has 0 aliphatic carbocycles. The van der Waals surface area contributed by atoms with Gasteiger partial charge in [0.2, 0.25) is 15.9 Å². The molecule has 0 aromatic carbocycles. The third kappa shape index (κ3) is 6.21. The highest BCUT2D eigenvalue weighted by atomic mass is 32.2. The number of nitrogens with zero attached hydrogens (tertiary/aromatic N) is 2. The van der Waals surface area contributed by atoms with Gasteiger partial charge in [-0.25, -0.2) is 17.7 Å². The molecule has 0 saturated carbocycles. The van der Waals surface area contributed by atoms with Crippen molar-refractivity contribution in [2.45, 2.75) is 17.7 Å². The van der Waals surface area contributed by atoms with Crippen molar-refractivity contribution in [1.29, 1.82) is 0 Å². The summed E-state index contributed by atoms with van der Waals surface area (Å²) < 4.78 is 24.5. The summed E-state index contributed by atoms with van der Waals surface area (Å²) >= 11 is 3.18. The molecule has 0 unspecified atom stereocenters. The Morgan fingerprint density at radius 2 is 2.25 bits per heavy atom. The predicted octanol–water partition coefficient (Wildman–Crippen LogP) is 0.805. The number of likely N-dealkylation sites (N-methyl/N-ethyl adjacent to an activating group) is 1. The van der Waals surface area contributed by atoms with E-state index in [-0.39, 0.29) is 18.9 Å². The number of aromatic nitrogens is 1. The summed E-state index contributed by atoms with van der Waals surface area (Å²) in [6.07, 6.45) is 1.36. The monoisotopic (exact) mass is 337 g/mol. The third-order valence-corrected chi connectivity index (χ3v) is 5.72. The normalized spacial score (nSPS) is 11.8. The van der Waals surface area contributed by atoms with Gasteiger partial charge in [0.05, 0.1) is 18.4 Å². The lowest BCUT2D eigenvalue weighted by molar-refractivity contribution is -0.120. The Bertz CT molecular complexity index is 542. The zero-order chi connectivity index (χ0) is 15.2. The van der Waals surface area contributed by atoms with Gasteiger partial charge >= 0.3 is 0 Å². The first-order valence-corrected chi connectivity index (χ1v) is 9.79. The molecule has 0 atom stereocenters. The van der Waals surface area contributed by atoms with E-state index in [2.05, 4.69) is 17.2 Å². The van der Waals surface area contributed by atoms with E-state index in [0.717, 1.165) is 22.0 Å². The van der Waals surface area contributed by atoms with Crippen molar-refractivity contribution in [3.05, 3.63) is 11.1 Å². The average Bonchev–Trinajstić information content (AvgIpc) is 2.75. The molecule has 114 valence electrons. The van der Waals surface area contributed by atoms with Crippen molar-refractivity contribution in [3.8, 4) is 0 Å². The zero-order valence-corrected chi connectivity index (χ0v) is 14.2. The van der Waals surface area contributed by atoms with Crippen LogP contribution in [-0.4, -0.2) is 55.8 Å². The van der Waals surface area contributed by atoms with Crippen LogP contribution >= 0.6 is 23.1 Å². The van der Waals surface area contributed by atoms with E-state index in [1.54, 1.807) is 11.8 Å². The van der Waals surface area contributed by atoms with Gasteiger partial charge in [0, 0.05) is 25.5 Å². The molecular formula is C11H19N3O3S3. The molecule has 0 aliphatic rings.